The van der Waals surface area contributed by atoms with Gasteiger partial charge in [0.15, 0.2) is 0 Å². The predicted molar refractivity (Wildman–Crippen MR) is 128 cm³/mol. The summed E-state index contributed by atoms with van der Waals surface area (Å²) in [5.41, 5.74) is 5.37. The van der Waals surface area contributed by atoms with Crippen LogP contribution >= 0.6 is 34.5 Å². The molecule has 176 valence electrons. The molecule has 1 heterocycles. The molecule has 1 aromatic heterocycles. The monoisotopic (exact) mass is 527 g/mol. The molecule has 0 spiro atoms. The zero-order chi connectivity index (χ0) is 23.4. The number of hydrogen-bond donors (Lipinski definition) is 3. The summed E-state index contributed by atoms with van der Waals surface area (Å²) in [4.78, 5) is 25.4. The van der Waals surface area contributed by atoms with Crippen molar-refractivity contribution in [1.82, 2.24) is 10.9 Å². The number of sulfonamides is 1. The zero-order valence-corrected chi connectivity index (χ0v) is 20.7. The highest BCUT2D eigenvalue weighted by Crippen LogP contribution is 2.60. The third-order valence-corrected chi connectivity index (χ3v) is 10.3. The van der Waals surface area contributed by atoms with E-state index in [2.05, 4.69) is 15.6 Å². The summed E-state index contributed by atoms with van der Waals surface area (Å²) in [6, 6.07) is 7.17. The van der Waals surface area contributed by atoms with Gasteiger partial charge >= 0.3 is 0 Å². The molecule has 0 radical (unpaired) electrons. The lowest BCUT2D eigenvalue weighted by atomic mass is 9.49. The Morgan fingerprint density at radius 3 is 2.03 bits per heavy atom. The van der Waals surface area contributed by atoms with Crippen molar-refractivity contribution in [2.24, 2.45) is 23.2 Å². The van der Waals surface area contributed by atoms with E-state index in [-0.39, 0.29) is 30.6 Å². The molecule has 0 saturated heterocycles. The third kappa shape index (κ3) is 4.48. The molecule has 2 aromatic rings. The molecule has 11 heteroatoms. The zero-order valence-electron chi connectivity index (χ0n) is 17.6. The van der Waals surface area contributed by atoms with Crippen molar-refractivity contribution in [2.45, 2.75) is 43.4 Å². The van der Waals surface area contributed by atoms with Gasteiger partial charge in [-0.3, -0.25) is 25.2 Å². The first-order valence-electron chi connectivity index (χ1n) is 10.8. The van der Waals surface area contributed by atoms with Crippen LogP contribution in [-0.4, -0.2) is 20.2 Å². The number of carbonyl (C=O) groups is 2. The van der Waals surface area contributed by atoms with Crippen LogP contribution in [0.15, 0.2) is 35.2 Å². The molecular weight excluding hydrogens is 505 g/mol. The molecule has 1 aromatic carbocycles. The van der Waals surface area contributed by atoms with E-state index in [0.29, 0.717) is 23.3 Å². The largest absolute Gasteiger partial charge is 0.280 e. The number of carbonyl (C=O) groups excluding carboxylic acids is 2. The Bertz CT molecular complexity index is 1180. The first-order valence-corrected chi connectivity index (χ1v) is 13.9. The molecular formula is C22H23Cl2N3O4S2. The Morgan fingerprint density at radius 1 is 0.939 bits per heavy atom. The van der Waals surface area contributed by atoms with Crippen molar-refractivity contribution in [3.63, 3.8) is 0 Å². The highest BCUT2D eigenvalue weighted by molar-refractivity contribution is 7.93. The highest BCUT2D eigenvalue weighted by atomic mass is 35.5. The first kappa shape index (κ1) is 23.0. The molecule has 4 fully saturated rings. The maximum atomic E-state index is 13.0. The normalized spacial score (nSPS) is 27.9. The number of hydrazine groups is 1. The maximum absolute atomic E-state index is 13.0. The van der Waals surface area contributed by atoms with Gasteiger partial charge in [0, 0.05) is 11.3 Å². The van der Waals surface area contributed by atoms with Crippen LogP contribution in [-0.2, 0) is 14.8 Å². The van der Waals surface area contributed by atoms with Crippen LogP contribution in [0.4, 0.5) is 5.69 Å². The summed E-state index contributed by atoms with van der Waals surface area (Å²) in [5.74, 6) is 1.35. The second kappa shape index (κ2) is 8.45. The number of rotatable bonds is 5. The van der Waals surface area contributed by atoms with Gasteiger partial charge in [-0.05, 0) is 86.6 Å². The molecule has 4 aliphatic carbocycles. The van der Waals surface area contributed by atoms with Crippen LogP contribution in [0, 0.1) is 23.2 Å². The molecule has 0 aliphatic heterocycles. The fourth-order valence-electron chi connectivity index (χ4n) is 6.12. The van der Waals surface area contributed by atoms with Crippen LogP contribution in [0.2, 0.25) is 8.67 Å². The lowest BCUT2D eigenvalue weighted by molar-refractivity contribution is -0.147. The van der Waals surface area contributed by atoms with E-state index in [1.54, 1.807) is 0 Å². The number of anilines is 1. The first-order chi connectivity index (χ1) is 15.6. The Hall–Kier alpha value is -1.81. The molecule has 2 amide bonds. The third-order valence-electron chi connectivity index (χ3n) is 7.12. The van der Waals surface area contributed by atoms with Crippen LogP contribution in [0.3, 0.4) is 0 Å². The molecule has 3 N–H and O–H groups in total. The Labute approximate surface area is 206 Å². The van der Waals surface area contributed by atoms with Gasteiger partial charge in [-0.15, -0.1) is 11.3 Å². The van der Waals surface area contributed by atoms with Crippen LogP contribution in [0.5, 0.6) is 0 Å². The number of thiophene rings is 1. The highest BCUT2D eigenvalue weighted by Gasteiger charge is 2.54. The lowest BCUT2D eigenvalue weighted by Crippen LogP contribution is -2.56. The summed E-state index contributed by atoms with van der Waals surface area (Å²) >= 11 is 12.7. The molecule has 6 rings (SSSR count). The number of hydrogen-bond acceptors (Lipinski definition) is 5. The van der Waals surface area contributed by atoms with E-state index >= 15 is 0 Å². The molecule has 4 bridgehead atoms. The van der Waals surface area contributed by atoms with E-state index in [9.17, 15) is 18.0 Å². The van der Waals surface area contributed by atoms with Gasteiger partial charge in [-0.1, -0.05) is 23.2 Å². The SMILES string of the molecule is O=C(NNC(=O)C12CC3CC(CC(C3)C1)C2)c1ccc(NS(=O)(=O)c2cc(Cl)sc2Cl)cc1. The van der Waals surface area contributed by atoms with E-state index in [0.717, 1.165) is 30.6 Å². The quantitative estimate of drug-likeness (QED) is 0.484. The van der Waals surface area contributed by atoms with E-state index in [1.165, 1.54) is 49.6 Å². The van der Waals surface area contributed by atoms with Gasteiger partial charge in [0.05, 0.1) is 9.75 Å². The van der Waals surface area contributed by atoms with Gasteiger partial charge in [0.1, 0.15) is 9.23 Å². The Balaban J connectivity index is 1.20. The minimum absolute atomic E-state index is 0.0678. The van der Waals surface area contributed by atoms with Crippen molar-refractivity contribution >= 4 is 62.1 Å². The summed E-state index contributed by atoms with van der Waals surface area (Å²) in [5, 5.41) is 0. The van der Waals surface area contributed by atoms with Crippen LogP contribution in [0.25, 0.3) is 0 Å². The maximum Gasteiger partial charge on any atom is 0.269 e. The second-order valence-corrected chi connectivity index (χ2v) is 13.4. The Morgan fingerprint density at radius 2 is 1.52 bits per heavy atom. The number of nitrogens with one attached hydrogen (secondary N) is 3. The average Bonchev–Trinajstić information content (AvgIpc) is 3.10. The van der Waals surface area contributed by atoms with Crippen LogP contribution in [0.1, 0.15) is 48.9 Å². The van der Waals surface area contributed by atoms with E-state index < -0.39 is 15.9 Å². The molecule has 7 nitrogen and oxygen atoms in total. The van der Waals surface area contributed by atoms with Gasteiger partial charge in [-0.25, -0.2) is 8.42 Å². The fraction of sp³-hybridized carbons (Fsp3) is 0.455. The lowest BCUT2D eigenvalue weighted by Gasteiger charge is -2.55. The van der Waals surface area contributed by atoms with Crippen LogP contribution < -0.4 is 15.6 Å². The summed E-state index contributed by atoms with van der Waals surface area (Å²) in [6.07, 6.45) is 6.45. The fourth-order valence-corrected chi connectivity index (χ4v) is 9.32. The van der Waals surface area contributed by atoms with Gasteiger partial charge in [-0.2, -0.15) is 0 Å². The molecule has 0 unspecified atom stereocenters. The molecule has 33 heavy (non-hydrogen) atoms. The Kier molecular flexibility index (Phi) is 5.87. The number of amides is 2. The summed E-state index contributed by atoms with van der Waals surface area (Å²) in [7, 11) is -3.91. The summed E-state index contributed by atoms with van der Waals surface area (Å²) < 4.78 is 27.8. The van der Waals surface area contributed by atoms with Crippen molar-refractivity contribution in [3.8, 4) is 0 Å². The second-order valence-electron chi connectivity index (χ2n) is 9.48. The molecule has 0 atom stereocenters. The van der Waals surface area contributed by atoms with Gasteiger partial charge in [0.2, 0.25) is 5.91 Å². The minimum Gasteiger partial charge on any atom is -0.280 e. The van der Waals surface area contributed by atoms with Gasteiger partial charge < -0.3 is 0 Å². The van der Waals surface area contributed by atoms with Crippen molar-refractivity contribution in [1.29, 1.82) is 0 Å². The smallest absolute Gasteiger partial charge is 0.269 e. The van der Waals surface area contributed by atoms with E-state index in [1.807, 2.05) is 0 Å². The molecule has 4 saturated carbocycles. The van der Waals surface area contributed by atoms with Crippen molar-refractivity contribution in [3.05, 3.63) is 44.6 Å². The molecule has 4 aliphatic rings. The van der Waals surface area contributed by atoms with Crippen molar-refractivity contribution in [2.75, 3.05) is 4.72 Å². The van der Waals surface area contributed by atoms with E-state index in [4.69, 9.17) is 23.2 Å². The van der Waals surface area contributed by atoms with Gasteiger partial charge in [0.25, 0.3) is 15.9 Å². The predicted octanol–water partition coefficient (Wildman–Crippen LogP) is 4.83. The number of benzene rings is 1. The summed E-state index contributed by atoms with van der Waals surface area (Å²) in [6.45, 7) is 0. The van der Waals surface area contributed by atoms with Crippen molar-refractivity contribution < 1.29 is 18.0 Å². The minimum atomic E-state index is -3.91. The number of halogens is 2. The standard InChI is InChI=1S/C22H23Cl2N3O4S2/c23-18-8-17(19(24)32-18)33(30,31)27-16-3-1-15(2-4-16)20(28)25-26-21(29)22-9-12-5-13(10-22)7-14(6-12)11-22/h1-4,8,12-14,27H,5-7,9-11H2,(H,25,28)(H,26,29). The average molecular weight is 528 g/mol. The topological polar surface area (TPSA) is 104 Å².